The van der Waals surface area contributed by atoms with Crippen LogP contribution >= 0.6 is 11.6 Å². The normalized spacial score (nSPS) is 22.7. The Kier molecular flexibility index (Phi) is 2.64. The molecule has 1 aromatic carbocycles. The third-order valence-electron chi connectivity index (χ3n) is 2.04. The molecular weight excluding hydrogens is 214 g/mol. The molecule has 0 spiro atoms. The number of ether oxygens (including phenoxy) is 1. The van der Waals surface area contributed by atoms with Gasteiger partial charge in [0.2, 0.25) is 0 Å². The molecule has 1 aliphatic rings. The van der Waals surface area contributed by atoms with Gasteiger partial charge in [-0.1, -0.05) is 23.7 Å². The number of carbonyl (C=O) groups excluding carboxylic acids is 1. The van der Waals surface area contributed by atoms with Gasteiger partial charge in [-0.3, -0.25) is 0 Å². The first-order chi connectivity index (χ1) is 7.15. The van der Waals surface area contributed by atoms with E-state index in [1.54, 1.807) is 25.1 Å². The molecular formula is C11H10ClNO2. The van der Waals surface area contributed by atoms with Gasteiger partial charge in [-0.25, -0.2) is 4.79 Å². The number of carbonyl (C=O) groups is 1. The number of rotatable bonds is 1. The van der Waals surface area contributed by atoms with Crippen LogP contribution in [0.1, 0.15) is 12.5 Å². The number of nitrogens with one attached hydrogen (secondary N) is 1. The molecule has 0 aromatic heterocycles. The first-order valence-corrected chi connectivity index (χ1v) is 4.98. The zero-order chi connectivity index (χ0) is 10.8. The summed E-state index contributed by atoms with van der Waals surface area (Å²) in [4.78, 5) is 11.3. The van der Waals surface area contributed by atoms with Crippen LogP contribution in [-0.2, 0) is 9.53 Å². The third-order valence-corrected chi connectivity index (χ3v) is 2.30. The second-order valence-electron chi connectivity index (χ2n) is 3.30. The van der Waals surface area contributed by atoms with E-state index in [2.05, 4.69) is 5.32 Å². The summed E-state index contributed by atoms with van der Waals surface area (Å²) in [6.07, 6.45) is 1.48. The smallest absolute Gasteiger partial charge is 0.356 e. The molecule has 78 valence electrons. The summed E-state index contributed by atoms with van der Waals surface area (Å²) in [5.74, 6) is -0.322. The molecule has 2 rings (SSSR count). The van der Waals surface area contributed by atoms with Crippen LogP contribution in [0.5, 0.6) is 0 Å². The van der Waals surface area contributed by atoms with Crippen molar-refractivity contribution in [3.8, 4) is 0 Å². The van der Waals surface area contributed by atoms with Crippen molar-refractivity contribution in [2.45, 2.75) is 13.2 Å². The average molecular weight is 224 g/mol. The van der Waals surface area contributed by atoms with Gasteiger partial charge in [0, 0.05) is 5.02 Å². The summed E-state index contributed by atoms with van der Waals surface area (Å²) in [5, 5.41) is 3.60. The lowest BCUT2D eigenvalue weighted by Crippen LogP contribution is -2.16. The van der Waals surface area contributed by atoms with Crippen LogP contribution in [0.4, 0.5) is 0 Å². The molecule has 0 bridgehead atoms. The van der Waals surface area contributed by atoms with E-state index in [1.807, 2.05) is 12.1 Å². The molecule has 0 radical (unpaired) electrons. The summed E-state index contributed by atoms with van der Waals surface area (Å²) in [7, 11) is 0. The SMILES string of the molecule is CC1N/C(=C/c2ccc(Cl)cc2)C(=O)O1. The van der Waals surface area contributed by atoms with Crippen LogP contribution < -0.4 is 5.32 Å². The minimum Gasteiger partial charge on any atom is -0.437 e. The fourth-order valence-electron chi connectivity index (χ4n) is 1.36. The highest BCUT2D eigenvalue weighted by molar-refractivity contribution is 6.30. The molecule has 1 aromatic rings. The largest absolute Gasteiger partial charge is 0.437 e. The topological polar surface area (TPSA) is 38.3 Å². The van der Waals surface area contributed by atoms with Gasteiger partial charge in [0.1, 0.15) is 5.70 Å². The predicted molar refractivity (Wildman–Crippen MR) is 58.1 cm³/mol. The summed E-state index contributed by atoms with van der Waals surface area (Å²) in [6.45, 7) is 1.78. The van der Waals surface area contributed by atoms with Crippen molar-refractivity contribution in [2.75, 3.05) is 0 Å². The van der Waals surface area contributed by atoms with Crippen molar-refractivity contribution in [1.82, 2.24) is 5.32 Å². The van der Waals surface area contributed by atoms with Gasteiger partial charge in [0.05, 0.1) is 0 Å². The molecule has 4 heteroatoms. The Morgan fingerprint density at radius 2 is 2.07 bits per heavy atom. The van der Waals surface area contributed by atoms with Crippen LogP contribution in [0.2, 0.25) is 5.02 Å². The quantitative estimate of drug-likeness (QED) is 0.586. The number of esters is 1. The maximum Gasteiger partial charge on any atom is 0.356 e. The van der Waals surface area contributed by atoms with E-state index >= 15 is 0 Å². The molecule has 0 amide bonds. The lowest BCUT2D eigenvalue weighted by molar-refractivity contribution is -0.138. The third kappa shape index (κ3) is 2.30. The molecule has 1 heterocycles. The fraction of sp³-hybridized carbons (Fsp3) is 0.182. The maximum atomic E-state index is 11.3. The van der Waals surface area contributed by atoms with Gasteiger partial charge in [0.15, 0.2) is 6.23 Å². The molecule has 0 aliphatic carbocycles. The first-order valence-electron chi connectivity index (χ1n) is 4.60. The number of hydrogen-bond acceptors (Lipinski definition) is 3. The Morgan fingerprint density at radius 3 is 2.60 bits per heavy atom. The van der Waals surface area contributed by atoms with E-state index in [1.165, 1.54) is 0 Å². The summed E-state index contributed by atoms with van der Waals surface area (Å²) < 4.78 is 4.93. The lowest BCUT2D eigenvalue weighted by Gasteiger charge is -1.98. The van der Waals surface area contributed by atoms with Crippen molar-refractivity contribution in [2.24, 2.45) is 0 Å². The minimum absolute atomic E-state index is 0.254. The van der Waals surface area contributed by atoms with Gasteiger partial charge in [-0.2, -0.15) is 0 Å². The zero-order valence-electron chi connectivity index (χ0n) is 8.16. The van der Waals surface area contributed by atoms with Crippen LogP contribution in [0.25, 0.3) is 6.08 Å². The predicted octanol–water partition coefficient (Wildman–Crippen LogP) is 2.17. The molecule has 1 saturated heterocycles. The molecule has 1 atom stereocenters. The highest BCUT2D eigenvalue weighted by Gasteiger charge is 2.23. The monoisotopic (exact) mass is 223 g/mol. The first kappa shape index (κ1) is 10.1. The number of halogens is 1. The van der Waals surface area contributed by atoms with Gasteiger partial charge in [-0.15, -0.1) is 0 Å². The molecule has 1 aliphatic heterocycles. The Hall–Kier alpha value is -1.48. The van der Waals surface area contributed by atoms with Crippen LogP contribution in [0, 0.1) is 0 Å². The summed E-state index contributed by atoms with van der Waals surface area (Å²) >= 11 is 5.75. The van der Waals surface area contributed by atoms with Gasteiger partial charge >= 0.3 is 5.97 Å². The summed E-state index contributed by atoms with van der Waals surface area (Å²) in [5.41, 5.74) is 1.39. The Bertz CT molecular complexity index is 411. The van der Waals surface area contributed by atoms with Crippen LogP contribution in [-0.4, -0.2) is 12.2 Å². The number of hydrogen-bond donors (Lipinski definition) is 1. The molecule has 15 heavy (non-hydrogen) atoms. The van der Waals surface area contributed by atoms with Crippen molar-refractivity contribution in [1.29, 1.82) is 0 Å². The van der Waals surface area contributed by atoms with E-state index < -0.39 is 0 Å². The number of cyclic esters (lactones) is 1. The second kappa shape index (κ2) is 3.95. The second-order valence-corrected chi connectivity index (χ2v) is 3.74. The highest BCUT2D eigenvalue weighted by atomic mass is 35.5. The van der Waals surface area contributed by atoms with E-state index in [0.29, 0.717) is 10.7 Å². The van der Waals surface area contributed by atoms with Crippen molar-refractivity contribution >= 4 is 23.6 Å². The molecule has 3 nitrogen and oxygen atoms in total. The molecule has 0 saturated carbocycles. The van der Waals surface area contributed by atoms with E-state index in [0.717, 1.165) is 5.56 Å². The molecule has 1 fully saturated rings. The number of benzene rings is 1. The molecule has 1 N–H and O–H groups in total. The van der Waals surface area contributed by atoms with Gasteiger partial charge in [-0.05, 0) is 30.7 Å². The average Bonchev–Trinajstić information content (AvgIpc) is 2.49. The van der Waals surface area contributed by atoms with Gasteiger partial charge < -0.3 is 10.1 Å². The standard InChI is InChI=1S/C11H10ClNO2/c1-7-13-10(11(14)15-7)6-8-2-4-9(12)5-3-8/h2-7,13H,1H3/b10-6+. The Morgan fingerprint density at radius 1 is 1.40 bits per heavy atom. The van der Waals surface area contributed by atoms with Crippen LogP contribution in [0.15, 0.2) is 30.0 Å². The summed E-state index contributed by atoms with van der Waals surface area (Å²) in [6, 6.07) is 7.23. The van der Waals surface area contributed by atoms with Crippen molar-refractivity contribution < 1.29 is 9.53 Å². The van der Waals surface area contributed by atoms with E-state index in [4.69, 9.17) is 16.3 Å². The maximum absolute atomic E-state index is 11.3. The fourth-order valence-corrected chi connectivity index (χ4v) is 1.48. The van der Waals surface area contributed by atoms with Crippen molar-refractivity contribution in [3.05, 3.63) is 40.5 Å². The van der Waals surface area contributed by atoms with Gasteiger partial charge in [0.25, 0.3) is 0 Å². The van der Waals surface area contributed by atoms with Crippen molar-refractivity contribution in [3.63, 3.8) is 0 Å². The Balaban J connectivity index is 2.23. The molecule has 1 unspecified atom stereocenters. The highest BCUT2D eigenvalue weighted by Crippen LogP contribution is 2.15. The minimum atomic E-state index is -0.322. The van der Waals surface area contributed by atoms with Crippen LogP contribution in [0.3, 0.4) is 0 Å². The van der Waals surface area contributed by atoms with E-state index in [-0.39, 0.29) is 12.2 Å². The van der Waals surface area contributed by atoms with E-state index in [9.17, 15) is 4.79 Å². The lowest BCUT2D eigenvalue weighted by atomic mass is 10.2. The Labute approximate surface area is 92.7 Å². The zero-order valence-corrected chi connectivity index (χ0v) is 8.91.